The van der Waals surface area contributed by atoms with E-state index in [1.54, 1.807) is 29.3 Å². The van der Waals surface area contributed by atoms with E-state index in [1.165, 1.54) is 11.3 Å². The zero-order valence-electron chi connectivity index (χ0n) is 13.6. The Bertz CT molecular complexity index is 931. The number of hydrogen-bond donors (Lipinski definition) is 1. The first-order valence-electron chi connectivity index (χ1n) is 7.84. The van der Waals surface area contributed by atoms with E-state index in [4.69, 9.17) is 0 Å². The molecule has 0 radical (unpaired) electrons. The van der Waals surface area contributed by atoms with Crippen molar-refractivity contribution < 1.29 is 4.79 Å². The van der Waals surface area contributed by atoms with E-state index in [-0.39, 0.29) is 18.0 Å². The molecule has 124 valence electrons. The summed E-state index contributed by atoms with van der Waals surface area (Å²) < 4.78 is 0. The second-order valence-electron chi connectivity index (χ2n) is 5.32. The zero-order chi connectivity index (χ0) is 17.1. The largest absolute Gasteiger partial charge is 0.331 e. The van der Waals surface area contributed by atoms with Gasteiger partial charge < -0.3 is 9.88 Å². The summed E-state index contributed by atoms with van der Waals surface area (Å²) in [5.41, 5.74) is 0.441. The summed E-state index contributed by atoms with van der Waals surface area (Å²) >= 11 is 1.41. The molecular weight excluding hydrogens is 324 g/mol. The number of rotatable bonds is 5. The smallest absolute Gasteiger partial charge is 0.265 e. The molecule has 24 heavy (non-hydrogen) atoms. The Morgan fingerprint density at radius 3 is 2.79 bits per heavy atom. The van der Waals surface area contributed by atoms with Crippen molar-refractivity contribution in [3.63, 3.8) is 0 Å². The molecule has 2 aromatic heterocycles. The fraction of sp³-hybridized carbons (Fsp3) is 0.294. The third-order valence-corrected chi connectivity index (χ3v) is 4.87. The summed E-state index contributed by atoms with van der Waals surface area (Å²) in [5.74, 6) is 0.389. The normalized spacial score (nSPS) is 10.9. The summed E-state index contributed by atoms with van der Waals surface area (Å²) in [7, 11) is 0. The molecule has 3 aromatic rings. The third kappa shape index (κ3) is 3.21. The van der Waals surface area contributed by atoms with Crippen molar-refractivity contribution in [3.8, 4) is 0 Å². The first-order valence-corrected chi connectivity index (χ1v) is 8.66. The van der Waals surface area contributed by atoms with Crippen LogP contribution < -0.4 is 5.56 Å². The van der Waals surface area contributed by atoms with Crippen molar-refractivity contribution in [2.75, 3.05) is 6.54 Å². The number of benzene rings is 1. The number of fused-ring (bicyclic) bond motifs is 1. The molecule has 0 unspecified atom stereocenters. The van der Waals surface area contributed by atoms with Gasteiger partial charge in [-0.05, 0) is 25.5 Å². The van der Waals surface area contributed by atoms with Crippen LogP contribution in [0.2, 0.25) is 0 Å². The van der Waals surface area contributed by atoms with E-state index < -0.39 is 0 Å². The molecule has 0 spiro atoms. The van der Waals surface area contributed by atoms with Gasteiger partial charge in [0.25, 0.3) is 11.5 Å². The average Bonchev–Trinajstić information content (AvgIpc) is 3.08. The highest BCUT2D eigenvalue weighted by atomic mass is 32.1. The van der Waals surface area contributed by atoms with Crippen LogP contribution in [-0.2, 0) is 13.0 Å². The highest BCUT2D eigenvalue weighted by Crippen LogP contribution is 2.17. The van der Waals surface area contributed by atoms with Gasteiger partial charge in [-0.3, -0.25) is 9.59 Å². The Morgan fingerprint density at radius 1 is 1.29 bits per heavy atom. The van der Waals surface area contributed by atoms with E-state index in [0.717, 1.165) is 11.4 Å². The van der Waals surface area contributed by atoms with Gasteiger partial charge in [-0.25, -0.2) is 9.97 Å². The van der Waals surface area contributed by atoms with Crippen LogP contribution >= 0.6 is 11.3 Å². The van der Waals surface area contributed by atoms with Crippen molar-refractivity contribution >= 4 is 28.1 Å². The van der Waals surface area contributed by atoms with E-state index >= 15 is 0 Å². The summed E-state index contributed by atoms with van der Waals surface area (Å²) in [5, 5.41) is 1.48. The number of nitrogens with zero attached hydrogens (tertiary/aromatic N) is 3. The molecule has 3 rings (SSSR count). The standard InChI is InChI=1S/C17H18N4O2S/c1-3-15-18-9-13(24-15)17(23)21(4-2)10-14-19-12-8-6-5-7-11(12)16(22)20-14/h5-9H,3-4,10H2,1-2H3,(H,19,20,22). The summed E-state index contributed by atoms with van der Waals surface area (Å²) in [4.78, 5) is 38.5. The zero-order valence-corrected chi connectivity index (χ0v) is 14.4. The highest BCUT2D eigenvalue weighted by Gasteiger charge is 2.18. The SMILES string of the molecule is CCc1ncc(C(=O)N(CC)Cc2nc3ccccc3c(=O)[nH]2)s1. The molecule has 0 aliphatic rings. The molecule has 1 amide bonds. The monoisotopic (exact) mass is 342 g/mol. The Labute approximate surface area is 143 Å². The fourth-order valence-electron chi connectivity index (χ4n) is 2.45. The molecule has 1 aromatic carbocycles. The Balaban J connectivity index is 1.87. The first-order chi connectivity index (χ1) is 11.6. The number of para-hydroxylation sites is 1. The van der Waals surface area contributed by atoms with E-state index in [2.05, 4.69) is 15.0 Å². The van der Waals surface area contributed by atoms with Crippen molar-refractivity contribution in [2.24, 2.45) is 0 Å². The minimum atomic E-state index is -0.190. The van der Waals surface area contributed by atoms with Gasteiger partial charge in [0.05, 0.1) is 28.7 Å². The van der Waals surface area contributed by atoms with Crippen LogP contribution in [-0.4, -0.2) is 32.3 Å². The number of amides is 1. The minimum absolute atomic E-state index is 0.0921. The van der Waals surface area contributed by atoms with Crippen molar-refractivity contribution in [3.05, 3.63) is 56.5 Å². The number of nitrogens with one attached hydrogen (secondary N) is 1. The lowest BCUT2D eigenvalue weighted by atomic mass is 10.2. The Kier molecular flexibility index (Phi) is 4.71. The minimum Gasteiger partial charge on any atom is -0.331 e. The van der Waals surface area contributed by atoms with Crippen LogP contribution in [0.5, 0.6) is 0 Å². The molecule has 0 atom stereocenters. The maximum atomic E-state index is 12.6. The van der Waals surface area contributed by atoms with Gasteiger partial charge in [0.15, 0.2) is 0 Å². The quantitative estimate of drug-likeness (QED) is 0.773. The predicted molar refractivity (Wildman–Crippen MR) is 94.3 cm³/mol. The van der Waals surface area contributed by atoms with Crippen LogP contribution in [0.1, 0.15) is 34.4 Å². The maximum Gasteiger partial charge on any atom is 0.265 e. The van der Waals surface area contributed by atoms with Crippen LogP contribution in [0.25, 0.3) is 10.9 Å². The van der Waals surface area contributed by atoms with E-state index in [0.29, 0.717) is 28.1 Å². The fourth-order valence-corrected chi connectivity index (χ4v) is 3.27. The van der Waals surface area contributed by atoms with Gasteiger partial charge in [0.1, 0.15) is 10.7 Å². The lowest BCUT2D eigenvalue weighted by molar-refractivity contribution is 0.0753. The molecule has 0 saturated heterocycles. The molecule has 0 bridgehead atoms. The van der Waals surface area contributed by atoms with Crippen LogP contribution in [0.4, 0.5) is 0 Å². The molecule has 0 saturated carbocycles. The Morgan fingerprint density at radius 2 is 2.08 bits per heavy atom. The van der Waals surface area contributed by atoms with E-state index in [1.807, 2.05) is 19.9 Å². The average molecular weight is 342 g/mol. The molecule has 0 fully saturated rings. The van der Waals surface area contributed by atoms with Gasteiger partial charge in [0.2, 0.25) is 0 Å². The van der Waals surface area contributed by atoms with Gasteiger partial charge in [-0.15, -0.1) is 11.3 Å². The molecule has 0 aliphatic heterocycles. The third-order valence-electron chi connectivity index (χ3n) is 3.74. The number of aromatic amines is 1. The van der Waals surface area contributed by atoms with Gasteiger partial charge >= 0.3 is 0 Å². The number of thiazole rings is 1. The topological polar surface area (TPSA) is 79.0 Å². The molecule has 2 heterocycles. The number of hydrogen-bond acceptors (Lipinski definition) is 5. The molecule has 6 nitrogen and oxygen atoms in total. The van der Waals surface area contributed by atoms with Crippen LogP contribution in [0.15, 0.2) is 35.3 Å². The summed E-state index contributed by atoms with van der Waals surface area (Å²) in [6, 6.07) is 7.17. The molecule has 0 aliphatic carbocycles. The summed E-state index contributed by atoms with van der Waals surface area (Å²) in [6.07, 6.45) is 2.43. The number of H-pyrrole nitrogens is 1. The predicted octanol–water partition coefficient (Wildman–Crippen LogP) is 2.60. The Hall–Kier alpha value is -2.54. The van der Waals surface area contributed by atoms with Crippen molar-refractivity contribution in [2.45, 2.75) is 26.8 Å². The maximum absolute atomic E-state index is 12.6. The number of aromatic nitrogens is 3. The summed E-state index contributed by atoms with van der Waals surface area (Å²) in [6.45, 7) is 4.69. The van der Waals surface area contributed by atoms with Crippen molar-refractivity contribution in [1.29, 1.82) is 0 Å². The lowest BCUT2D eigenvalue weighted by Gasteiger charge is -2.19. The number of carbonyl (C=O) groups excluding carboxylic acids is 1. The van der Waals surface area contributed by atoms with Crippen LogP contribution in [0, 0.1) is 0 Å². The second-order valence-corrected chi connectivity index (χ2v) is 6.44. The van der Waals surface area contributed by atoms with E-state index in [9.17, 15) is 9.59 Å². The second kappa shape index (κ2) is 6.92. The first kappa shape index (κ1) is 16.3. The highest BCUT2D eigenvalue weighted by molar-refractivity contribution is 7.13. The van der Waals surface area contributed by atoms with Gasteiger partial charge in [-0.2, -0.15) is 0 Å². The number of aryl methyl sites for hydroxylation is 1. The lowest BCUT2D eigenvalue weighted by Crippen LogP contribution is -2.31. The van der Waals surface area contributed by atoms with Gasteiger partial charge in [-0.1, -0.05) is 19.1 Å². The number of carbonyl (C=O) groups is 1. The van der Waals surface area contributed by atoms with Crippen molar-refractivity contribution in [1.82, 2.24) is 19.9 Å². The van der Waals surface area contributed by atoms with Gasteiger partial charge in [0, 0.05) is 6.54 Å². The molecular formula is C17H18N4O2S. The molecule has 1 N–H and O–H groups in total. The molecule has 7 heteroatoms. The van der Waals surface area contributed by atoms with Crippen LogP contribution in [0.3, 0.4) is 0 Å².